The van der Waals surface area contributed by atoms with Crippen molar-refractivity contribution in [2.75, 3.05) is 32.8 Å². The van der Waals surface area contributed by atoms with Gasteiger partial charge in [-0.1, -0.05) is 6.07 Å². The maximum absolute atomic E-state index is 12.4. The van der Waals surface area contributed by atoms with E-state index < -0.39 is 6.61 Å². The van der Waals surface area contributed by atoms with Gasteiger partial charge in [0, 0.05) is 61.2 Å². The van der Waals surface area contributed by atoms with Crippen molar-refractivity contribution in [2.45, 2.75) is 18.4 Å². The number of hydrogen-bond acceptors (Lipinski definition) is 5. The molecule has 0 bridgehead atoms. The second-order valence-corrected chi connectivity index (χ2v) is 5.99. The van der Waals surface area contributed by atoms with Crippen molar-refractivity contribution in [1.29, 1.82) is 0 Å². The molecule has 1 saturated heterocycles. The normalized spacial score (nSPS) is 14.6. The van der Waals surface area contributed by atoms with Crippen molar-refractivity contribution < 1.29 is 51.3 Å². The summed E-state index contributed by atoms with van der Waals surface area (Å²) >= 11 is 1.62. The molecule has 0 saturated carbocycles. The Bertz CT molecular complexity index is 646. The standard InChI is InChI=1S/C14H14F2N3OS.C2H6O.Y/c15-14(16)20-13-11-2-1-3-12(10(11)4-5-18-13)21-19-8-6-17-7-9-19;1-2-3;/h1-5,14H,6-9H2;3H,2H2,1H3;/q-1;;. The van der Waals surface area contributed by atoms with E-state index >= 15 is 0 Å². The smallest absolute Gasteiger partial charge is 0.388 e. The largest absolute Gasteiger partial charge is 0.660 e. The van der Waals surface area contributed by atoms with Crippen LogP contribution in [-0.4, -0.2) is 53.8 Å². The molecule has 5 nitrogen and oxygen atoms in total. The number of hydrogen-bond donors (Lipinski definition) is 1. The molecule has 9 heteroatoms. The van der Waals surface area contributed by atoms with Gasteiger partial charge in [-0.15, -0.1) is 13.1 Å². The molecule has 0 atom stereocenters. The van der Waals surface area contributed by atoms with Crippen LogP contribution in [0.2, 0.25) is 0 Å². The van der Waals surface area contributed by atoms with Crippen molar-refractivity contribution in [1.82, 2.24) is 9.29 Å². The molecule has 0 unspecified atom stereocenters. The molecule has 135 valence electrons. The molecule has 0 aliphatic carbocycles. The summed E-state index contributed by atoms with van der Waals surface area (Å²) in [5.74, 6) is -0.0291. The Labute approximate surface area is 175 Å². The van der Waals surface area contributed by atoms with Gasteiger partial charge < -0.3 is 15.2 Å². The Morgan fingerprint density at radius 1 is 1.28 bits per heavy atom. The third-order valence-electron chi connectivity index (χ3n) is 3.17. The van der Waals surface area contributed by atoms with E-state index in [1.165, 1.54) is 6.20 Å². The molecule has 25 heavy (non-hydrogen) atoms. The summed E-state index contributed by atoms with van der Waals surface area (Å²) in [6.45, 7) is 2.51. The molecule has 0 spiro atoms. The van der Waals surface area contributed by atoms with Crippen LogP contribution in [0.15, 0.2) is 35.4 Å². The zero-order chi connectivity index (χ0) is 17.4. The summed E-state index contributed by atoms with van der Waals surface area (Å²) in [5, 5.41) is 13.4. The summed E-state index contributed by atoms with van der Waals surface area (Å²) in [6.07, 6.45) is 1.50. The van der Waals surface area contributed by atoms with Crippen molar-refractivity contribution in [3.05, 3.63) is 35.8 Å². The van der Waals surface area contributed by atoms with Crippen molar-refractivity contribution in [3.8, 4) is 5.88 Å². The fourth-order valence-electron chi connectivity index (χ4n) is 2.23. The molecule has 1 aliphatic heterocycles. The maximum atomic E-state index is 12.4. The second kappa shape index (κ2) is 12.1. The first-order valence-corrected chi connectivity index (χ1v) is 8.42. The van der Waals surface area contributed by atoms with Crippen LogP contribution in [0.25, 0.3) is 16.1 Å². The van der Waals surface area contributed by atoms with Gasteiger partial charge in [0.2, 0.25) is 5.88 Å². The van der Waals surface area contributed by atoms with Crippen LogP contribution in [0.5, 0.6) is 5.88 Å². The summed E-state index contributed by atoms with van der Waals surface area (Å²) in [7, 11) is 0. The van der Waals surface area contributed by atoms with E-state index in [2.05, 4.69) is 19.3 Å². The van der Waals surface area contributed by atoms with E-state index in [-0.39, 0.29) is 45.2 Å². The average Bonchev–Trinajstić information content (AvgIpc) is 2.57. The van der Waals surface area contributed by atoms with Gasteiger partial charge in [0.25, 0.3) is 0 Å². The molecule has 3 rings (SSSR count). The molecule has 1 fully saturated rings. The van der Waals surface area contributed by atoms with Crippen molar-refractivity contribution >= 4 is 22.7 Å². The molecule has 1 radical (unpaired) electrons. The van der Waals surface area contributed by atoms with Crippen LogP contribution in [-0.2, 0) is 32.7 Å². The summed E-state index contributed by atoms with van der Waals surface area (Å²) in [6, 6.07) is 7.38. The number of nitrogens with zero attached hydrogens (tertiary/aromatic N) is 3. The number of halogens is 2. The maximum Gasteiger partial charge on any atom is 0.388 e. The van der Waals surface area contributed by atoms with E-state index in [9.17, 15) is 8.78 Å². The van der Waals surface area contributed by atoms with Crippen LogP contribution in [0.3, 0.4) is 0 Å². The first-order valence-electron chi connectivity index (χ1n) is 7.65. The number of rotatable bonds is 4. The molecule has 2 aromatic rings. The fourth-order valence-corrected chi connectivity index (χ4v) is 3.27. The van der Waals surface area contributed by atoms with Gasteiger partial charge in [-0.2, -0.15) is 8.78 Å². The molecule has 1 aromatic heterocycles. The number of aromatic nitrogens is 1. The average molecular weight is 445 g/mol. The zero-order valence-corrected chi connectivity index (χ0v) is 17.6. The minimum atomic E-state index is -2.87. The number of benzene rings is 1. The second-order valence-electron chi connectivity index (χ2n) is 4.85. The summed E-state index contributed by atoms with van der Waals surface area (Å²) < 4.78 is 31.6. The number of aliphatic hydroxyl groups excluding tert-OH is 1. The van der Waals surface area contributed by atoms with Gasteiger partial charge in [0.15, 0.2) is 0 Å². The number of pyridine rings is 1. The van der Waals surface area contributed by atoms with Gasteiger partial charge in [-0.3, -0.25) is 0 Å². The third-order valence-corrected chi connectivity index (χ3v) is 4.35. The first kappa shape index (κ1) is 22.7. The summed E-state index contributed by atoms with van der Waals surface area (Å²) in [5.41, 5.74) is 0. The van der Waals surface area contributed by atoms with Gasteiger partial charge in [-0.05, 0) is 50.2 Å². The Kier molecular flexibility index (Phi) is 11.0. The van der Waals surface area contributed by atoms with Gasteiger partial charge in [-0.25, -0.2) is 9.29 Å². The number of piperazine rings is 1. The number of aliphatic hydroxyl groups is 1. The van der Waals surface area contributed by atoms with E-state index in [0.717, 1.165) is 36.5 Å². The van der Waals surface area contributed by atoms with Gasteiger partial charge >= 0.3 is 6.61 Å². The van der Waals surface area contributed by atoms with Gasteiger partial charge in [0.05, 0.1) is 0 Å². The first-order chi connectivity index (χ1) is 11.7. The van der Waals surface area contributed by atoms with Crippen LogP contribution in [0, 0.1) is 0 Å². The topological polar surface area (TPSA) is 59.7 Å². The predicted octanol–water partition coefficient (Wildman–Crippen LogP) is 3.53. The Hall–Kier alpha value is -0.376. The number of fused-ring (bicyclic) bond motifs is 1. The van der Waals surface area contributed by atoms with Crippen LogP contribution < -0.4 is 4.74 Å². The van der Waals surface area contributed by atoms with Crippen molar-refractivity contribution in [3.63, 3.8) is 0 Å². The molecule has 1 aromatic carbocycles. The Morgan fingerprint density at radius 3 is 2.60 bits per heavy atom. The Morgan fingerprint density at radius 2 is 1.96 bits per heavy atom. The van der Waals surface area contributed by atoms with Crippen LogP contribution in [0.1, 0.15) is 6.92 Å². The molecule has 0 amide bonds. The van der Waals surface area contributed by atoms with E-state index in [1.54, 1.807) is 24.9 Å². The Balaban J connectivity index is 0.000000730. The van der Waals surface area contributed by atoms with E-state index in [0.29, 0.717) is 5.39 Å². The predicted molar refractivity (Wildman–Crippen MR) is 91.7 cm³/mol. The van der Waals surface area contributed by atoms with E-state index in [1.807, 2.05) is 18.2 Å². The third kappa shape index (κ3) is 7.04. The minimum absolute atomic E-state index is 0. The molecule has 1 aliphatic rings. The van der Waals surface area contributed by atoms with Crippen LogP contribution in [0.4, 0.5) is 8.78 Å². The van der Waals surface area contributed by atoms with Crippen molar-refractivity contribution in [2.24, 2.45) is 0 Å². The molecule has 2 heterocycles. The fraction of sp³-hybridized carbons (Fsp3) is 0.438. The van der Waals surface area contributed by atoms with Gasteiger partial charge in [0.1, 0.15) is 0 Å². The van der Waals surface area contributed by atoms with Crippen LogP contribution >= 0.6 is 11.9 Å². The molecular weight excluding hydrogens is 425 g/mol. The summed E-state index contributed by atoms with van der Waals surface area (Å²) in [4.78, 5) is 4.90. The quantitative estimate of drug-likeness (QED) is 0.730. The number of alkyl halides is 2. The number of ether oxygens (including phenoxy) is 1. The zero-order valence-electron chi connectivity index (χ0n) is 13.9. The monoisotopic (exact) mass is 445 g/mol. The SMILES string of the molecule is CCO.FC(F)Oc1nccc2c(SN3CC[N-]CC3)cccc12.[Y]. The molecular formula is C16H20F2N3O2SY-. The van der Waals surface area contributed by atoms with E-state index in [4.69, 9.17) is 5.11 Å². The minimum Gasteiger partial charge on any atom is -0.660 e. The molecule has 1 N–H and O–H groups in total.